The Morgan fingerprint density at radius 1 is 1.19 bits per heavy atom. The lowest BCUT2D eigenvalue weighted by atomic mass is 9.67. The normalized spacial score (nSPS) is 30.6. The van der Waals surface area contributed by atoms with Gasteiger partial charge in [-0.3, -0.25) is 9.69 Å². The molecule has 0 aliphatic carbocycles. The maximum atomic E-state index is 12.3. The van der Waals surface area contributed by atoms with Crippen molar-refractivity contribution < 1.29 is 9.53 Å². The van der Waals surface area contributed by atoms with E-state index in [0.717, 1.165) is 18.8 Å². The molecule has 1 unspecified atom stereocenters. The van der Waals surface area contributed by atoms with E-state index in [1.807, 2.05) is 18.7 Å². The fraction of sp³-hybridized carbons (Fsp3) is 0.941. The first-order valence-electron chi connectivity index (χ1n) is 8.50. The topological polar surface area (TPSA) is 29.5 Å². The van der Waals surface area contributed by atoms with Crippen LogP contribution < -0.4 is 0 Å². The molecule has 21 heavy (non-hydrogen) atoms. The second-order valence-electron chi connectivity index (χ2n) is 7.10. The van der Waals surface area contributed by atoms with Gasteiger partial charge in [-0.05, 0) is 50.4 Å². The van der Waals surface area contributed by atoms with Crippen molar-refractivity contribution in [3.05, 3.63) is 0 Å². The van der Waals surface area contributed by atoms with Crippen molar-refractivity contribution in [1.82, 2.24) is 4.90 Å². The van der Waals surface area contributed by atoms with Gasteiger partial charge in [-0.25, -0.2) is 0 Å². The lowest BCUT2D eigenvalue weighted by Crippen LogP contribution is -2.63. The Kier molecular flexibility index (Phi) is 6.01. The summed E-state index contributed by atoms with van der Waals surface area (Å²) in [5, 5.41) is 0. The van der Waals surface area contributed by atoms with Gasteiger partial charge in [0.05, 0.1) is 13.0 Å². The molecule has 0 aromatic carbocycles. The standard InChI is InChI=1S/C17H31NO2S/c1-4-20-15(19)13-17(14-21-12-9-16(17,2)3)18-10-7-5-6-8-11-18/h4-14H2,1-3H3. The maximum Gasteiger partial charge on any atom is 0.307 e. The van der Waals surface area contributed by atoms with Crippen LogP contribution in [0.5, 0.6) is 0 Å². The van der Waals surface area contributed by atoms with E-state index in [1.54, 1.807) is 0 Å². The van der Waals surface area contributed by atoms with Gasteiger partial charge in [0, 0.05) is 11.3 Å². The second kappa shape index (κ2) is 7.36. The fourth-order valence-electron chi connectivity index (χ4n) is 3.87. The van der Waals surface area contributed by atoms with E-state index in [4.69, 9.17) is 4.74 Å². The molecule has 0 bridgehead atoms. The molecule has 2 fully saturated rings. The van der Waals surface area contributed by atoms with Crippen LogP contribution in [0.15, 0.2) is 0 Å². The van der Waals surface area contributed by atoms with Crippen LogP contribution in [0.4, 0.5) is 0 Å². The average Bonchev–Trinajstić information content (AvgIpc) is 2.70. The third kappa shape index (κ3) is 3.76. The number of hydrogen-bond donors (Lipinski definition) is 0. The Balaban J connectivity index is 2.25. The summed E-state index contributed by atoms with van der Waals surface area (Å²) in [5.74, 6) is 2.27. The first-order valence-corrected chi connectivity index (χ1v) is 9.66. The summed E-state index contributed by atoms with van der Waals surface area (Å²) in [7, 11) is 0. The van der Waals surface area contributed by atoms with Gasteiger partial charge in [-0.1, -0.05) is 26.7 Å². The molecular formula is C17H31NO2S. The molecule has 2 saturated heterocycles. The Hall–Kier alpha value is -0.220. The Morgan fingerprint density at radius 3 is 2.43 bits per heavy atom. The van der Waals surface area contributed by atoms with Gasteiger partial charge in [0.15, 0.2) is 0 Å². The quantitative estimate of drug-likeness (QED) is 0.740. The smallest absolute Gasteiger partial charge is 0.307 e. The molecule has 0 N–H and O–H groups in total. The van der Waals surface area contributed by atoms with Crippen LogP contribution in [0.3, 0.4) is 0 Å². The molecule has 2 heterocycles. The number of esters is 1. The molecule has 2 aliphatic rings. The number of carbonyl (C=O) groups is 1. The molecule has 0 spiro atoms. The third-order valence-corrected chi connectivity index (χ3v) is 6.60. The second-order valence-corrected chi connectivity index (χ2v) is 8.21. The molecular weight excluding hydrogens is 282 g/mol. The van der Waals surface area contributed by atoms with Crippen molar-refractivity contribution in [3.8, 4) is 0 Å². The van der Waals surface area contributed by atoms with Crippen molar-refractivity contribution >= 4 is 17.7 Å². The molecule has 0 aromatic rings. The molecule has 1 atom stereocenters. The van der Waals surface area contributed by atoms with Crippen LogP contribution in [0.2, 0.25) is 0 Å². The number of nitrogens with zero attached hydrogens (tertiary/aromatic N) is 1. The maximum absolute atomic E-state index is 12.3. The molecule has 3 nitrogen and oxygen atoms in total. The number of rotatable bonds is 4. The van der Waals surface area contributed by atoms with Crippen LogP contribution in [0.25, 0.3) is 0 Å². The van der Waals surface area contributed by atoms with Crippen molar-refractivity contribution in [1.29, 1.82) is 0 Å². The zero-order valence-electron chi connectivity index (χ0n) is 14.0. The van der Waals surface area contributed by atoms with Crippen LogP contribution in [-0.4, -0.2) is 47.6 Å². The first kappa shape index (κ1) is 17.1. The summed E-state index contributed by atoms with van der Waals surface area (Å²) in [4.78, 5) is 14.9. The van der Waals surface area contributed by atoms with Gasteiger partial charge in [-0.2, -0.15) is 11.8 Å². The van der Waals surface area contributed by atoms with E-state index in [-0.39, 0.29) is 16.9 Å². The van der Waals surface area contributed by atoms with Crippen molar-refractivity contribution in [2.45, 2.75) is 64.8 Å². The lowest BCUT2D eigenvalue weighted by molar-refractivity contribution is -0.149. The average molecular weight is 314 g/mol. The zero-order chi connectivity index (χ0) is 15.3. The third-order valence-electron chi connectivity index (χ3n) is 5.43. The number of likely N-dealkylation sites (tertiary alicyclic amines) is 1. The van der Waals surface area contributed by atoms with Gasteiger partial charge >= 0.3 is 5.97 Å². The summed E-state index contributed by atoms with van der Waals surface area (Å²) >= 11 is 2.02. The number of thioether (sulfide) groups is 1. The van der Waals surface area contributed by atoms with Crippen molar-refractivity contribution in [2.75, 3.05) is 31.2 Å². The van der Waals surface area contributed by atoms with Gasteiger partial charge < -0.3 is 4.74 Å². The van der Waals surface area contributed by atoms with E-state index in [1.165, 1.54) is 37.9 Å². The van der Waals surface area contributed by atoms with E-state index < -0.39 is 0 Å². The van der Waals surface area contributed by atoms with Crippen LogP contribution in [0, 0.1) is 5.41 Å². The summed E-state index contributed by atoms with van der Waals surface area (Å²) in [6, 6.07) is 0. The SMILES string of the molecule is CCOC(=O)CC1(N2CCCCCC2)CSCCC1(C)C. The van der Waals surface area contributed by atoms with Crippen LogP contribution in [-0.2, 0) is 9.53 Å². The Morgan fingerprint density at radius 2 is 1.86 bits per heavy atom. The van der Waals surface area contributed by atoms with Crippen LogP contribution in [0.1, 0.15) is 59.3 Å². The largest absolute Gasteiger partial charge is 0.466 e. The highest BCUT2D eigenvalue weighted by Crippen LogP contribution is 2.48. The molecule has 4 heteroatoms. The summed E-state index contributed by atoms with van der Waals surface area (Å²) in [5.41, 5.74) is 0.155. The van der Waals surface area contributed by atoms with E-state index in [9.17, 15) is 4.79 Å². The first-order chi connectivity index (χ1) is 10.0. The van der Waals surface area contributed by atoms with Crippen molar-refractivity contribution in [3.63, 3.8) is 0 Å². The molecule has 0 aromatic heterocycles. The monoisotopic (exact) mass is 313 g/mol. The van der Waals surface area contributed by atoms with Gasteiger partial charge in [0.1, 0.15) is 0 Å². The summed E-state index contributed by atoms with van der Waals surface area (Å²) in [6.45, 7) is 9.39. The fourth-order valence-corrected chi connectivity index (χ4v) is 5.68. The van der Waals surface area contributed by atoms with Crippen LogP contribution >= 0.6 is 11.8 Å². The highest BCUT2D eigenvalue weighted by atomic mass is 32.2. The minimum atomic E-state index is -0.0213. The number of carbonyl (C=O) groups excluding carboxylic acids is 1. The minimum Gasteiger partial charge on any atom is -0.466 e. The highest BCUT2D eigenvalue weighted by molar-refractivity contribution is 7.99. The predicted molar refractivity (Wildman–Crippen MR) is 89.7 cm³/mol. The van der Waals surface area contributed by atoms with E-state index in [0.29, 0.717) is 13.0 Å². The van der Waals surface area contributed by atoms with E-state index >= 15 is 0 Å². The molecule has 0 amide bonds. The number of ether oxygens (including phenoxy) is 1. The molecule has 2 aliphatic heterocycles. The zero-order valence-corrected chi connectivity index (χ0v) is 14.8. The predicted octanol–water partition coefficient (Wildman–Crippen LogP) is 3.72. The summed E-state index contributed by atoms with van der Waals surface area (Å²) in [6.07, 6.45) is 6.95. The van der Waals surface area contributed by atoms with Gasteiger partial charge in [0.25, 0.3) is 0 Å². The van der Waals surface area contributed by atoms with E-state index in [2.05, 4.69) is 18.7 Å². The Labute approximate surface area is 134 Å². The molecule has 0 saturated carbocycles. The molecule has 2 rings (SSSR count). The van der Waals surface area contributed by atoms with Crippen molar-refractivity contribution in [2.24, 2.45) is 5.41 Å². The highest BCUT2D eigenvalue weighted by Gasteiger charge is 2.52. The molecule has 122 valence electrons. The lowest BCUT2D eigenvalue weighted by Gasteiger charge is -2.55. The van der Waals surface area contributed by atoms with Gasteiger partial charge in [0.2, 0.25) is 0 Å². The van der Waals surface area contributed by atoms with Gasteiger partial charge in [-0.15, -0.1) is 0 Å². The summed E-state index contributed by atoms with van der Waals surface area (Å²) < 4.78 is 5.31. The number of hydrogen-bond acceptors (Lipinski definition) is 4. The minimum absolute atomic E-state index is 0.0164. The Bertz CT molecular complexity index is 351. The molecule has 0 radical (unpaired) electrons.